The average Bonchev–Trinajstić information content (AvgIpc) is 2.62. The number of benzene rings is 1. The zero-order chi connectivity index (χ0) is 17.5. The number of amides is 3. The molecule has 7 nitrogen and oxygen atoms in total. The van der Waals surface area contributed by atoms with Crippen LogP contribution in [0.3, 0.4) is 0 Å². The third kappa shape index (κ3) is 4.47. The molecule has 1 atom stereocenters. The van der Waals surface area contributed by atoms with Gasteiger partial charge in [0.05, 0.1) is 12.6 Å². The van der Waals surface area contributed by atoms with E-state index in [0.717, 1.165) is 5.56 Å². The first-order valence-electron chi connectivity index (χ1n) is 8.09. The Kier molecular flexibility index (Phi) is 6.17. The predicted octanol–water partition coefficient (Wildman–Crippen LogP) is 1.16. The van der Waals surface area contributed by atoms with E-state index in [-0.39, 0.29) is 12.1 Å². The summed E-state index contributed by atoms with van der Waals surface area (Å²) in [5, 5.41) is 2.71. The van der Waals surface area contributed by atoms with E-state index in [9.17, 15) is 14.4 Å². The first-order valence-corrected chi connectivity index (χ1v) is 8.09. The van der Waals surface area contributed by atoms with Gasteiger partial charge in [-0.05, 0) is 19.4 Å². The Hall–Kier alpha value is -2.57. The fraction of sp³-hybridized carbons (Fsp3) is 0.471. The van der Waals surface area contributed by atoms with E-state index in [1.165, 1.54) is 9.80 Å². The lowest BCUT2D eigenvalue weighted by molar-refractivity contribution is -0.147. The molecule has 3 amide bonds. The largest absolute Gasteiger partial charge is 0.450 e. The van der Waals surface area contributed by atoms with Gasteiger partial charge in [-0.25, -0.2) is 4.79 Å². The minimum absolute atomic E-state index is 0.247. The monoisotopic (exact) mass is 333 g/mol. The summed E-state index contributed by atoms with van der Waals surface area (Å²) in [7, 11) is 0. The van der Waals surface area contributed by atoms with Gasteiger partial charge in [-0.2, -0.15) is 0 Å². The third-order valence-corrected chi connectivity index (χ3v) is 3.93. The lowest BCUT2D eigenvalue weighted by Gasteiger charge is -2.33. The molecule has 0 spiro atoms. The van der Waals surface area contributed by atoms with E-state index < -0.39 is 11.8 Å². The molecule has 1 heterocycles. The Labute approximate surface area is 141 Å². The number of carbonyl (C=O) groups is 3. The van der Waals surface area contributed by atoms with E-state index in [0.29, 0.717) is 32.8 Å². The van der Waals surface area contributed by atoms with Crippen molar-refractivity contribution in [1.29, 1.82) is 0 Å². The summed E-state index contributed by atoms with van der Waals surface area (Å²) in [5.74, 6) is -1.20. The molecular formula is C17H23N3O4. The summed E-state index contributed by atoms with van der Waals surface area (Å²) in [6.45, 7) is 5.28. The molecule has 0 aromatic heterocycles. The van der Waals surface area contributed by atoms with Crippen LogP contribution < -0.4 is 5.32 Å². The predicted molar refractivity (Wildman–Crippen MR) is 88.2 cm³/mol. The van der Waals surface area contributed by atoms with Gasteiger partial charge in [-0.1, -0.05) is 30.3 Å². The standard InChI is InChI=1S/C17H23N3O4/c1-3-24-17(23)20-11-9-19(10-12-20)16(22)15(21)18-13(2)14-7-5-4-6-8-14/h4-8,13H,3,9-12H2,1-2H3,(H,18,21). The molecule has 1 aromatic carbocycles. The number of hydrogen-bond donors (Lipinski definition) is 1. The topological polar surface area (TPSA) is 79.0 Å². The number of nitrogens with zero attached hydrogens (tertiary/aromatic N) is 2. The number of nitrogens with one attached hydrogen (secondary N) is 1. The molecule has 1 aliphatic rings. The van der Waals surface area contributed by atoms with Crippen LogP contribution in [0.15, 0.2) is 30.3 Å². The maximum absolute atomic E-state index is 12.2. The van der Waals surface area contributed by atoms with Crippen molar-refractivity contribution in [3.05, 3.63) is 35.9 Å². The van der Waals surface area contributed by atoms with Crippen LogP contribution >= 0.6 is 0 Å². The van der Waals surface area contributed by atoms with Gasteiger partial charge in [-0.15, -0.1) is 0 Å². The molecule has 0 aliphatic carbocycles. The fourth-order valence-corrected chi connectivity index (χ4v) is 2.53. The number of hydrogen-bond acceptors (Lipinski definition) is 4. The number of piperazine rings is 1. The SMILES string of the molecule is CCOC(=O)N1CCN(C(=O)C(=O)NC(C)c2ccccc2)CC1. The van der Waals surface area contributed by atoms with Crippen molar-refractivity contribution in [3.63, 3.8) is 0 Å². The van der Waals surface area contributed by atoms with Gasteiger partial charge in [0, 0.05) is 26.2 Å². The van der Waals surface area contributed by atoms with Crippen LogP contribution in [-0.2, 0) is 14.3 Å². The van der Waals surface area contributed by atoms with Crippen LogP contribution in [-0.4, -0.2) is 60.5 Å². The number of ether oxygens (including phenoxy) is 1. The van der Waals surface area contributed by atoms with Crippen molar-refractivity contribution < 1.29 is 19.1 Å². The maximum atomic E-state index is 12.2. The van der Waals surface area contributed by atoms with Gasteiger partial charge in [-0.3, -0.25) is 9.59 Å². The minimum atomic E-state index is -0.629. The van der Waals surface area contributed by atoms with E-state index in [1.807, 2.05) is 37.3 Å². The van der Waals surface area contributed by atoms with Gasteiger partial charge in [0.2, 0.25) is 0 Å². The summed E-state index contributed by atoms with van der Waals surface area (Å²) >= 11 is 0. The van der Waals surface area contributed by atoms with Crippen molar-refractivity contribution in [2.75, 3.05) is 32.8 Å². The van der Waals surface area contributed by atoms with E-state index in [4.69, 9.17) is 4.74 Å². The molecule has 1 unspecified atom stereocenters. The second-order valence-corrected chi connectivity index (χ2v) is 5.58. The van der Waals surface area contributed by atoms with Crippen LogP contribution in [0.5, 0.6) is 0 Å². The highest BCUT2D eigenvalue weighted by atomic mass is 16.6. The summed E-state index contributed by atoms with van der Waals surface area (Å²) < 4.78 is 4.93. The molecule has 0 radical (unpaired) electrons. The lowest BCUT2D eigenvalue weighted by atomic mass is 10.1. The van der Waals surface area contributed by atoms with Crippen molar-refractivity contribution in [3.8, 4) is 0 Å². The van der Waals surface area contributed by atoms with Crippen LogP contribution in [0, 0.1) is 0 Å². The summed E-state index contributed by atoms with van der Waals surface area (Å²) in [4.78, 5) is 39.0. The van der Waals surface area contributed by atoms with E-state index >= 15 is 0 Å². The molecule has 0 bridgehead atoms. The zero-order valence-electron chi connectivity index (χ0n) is 14.0. The molecule has 1 aromatic rings. The fourth-order valence-electron chi connectivity index (χ4n) is 2.53. The first-order chi connectivity index (χ1) is 11.5. The highest BCUT2D eigenvalue weighted by Crippen LogP contribution is 2.11. The van der Waals surface area contributed by atoms with Crippen LogP contribution in [0.2, 0.25) is 0 Å². The van der Waals surface area contributed by atoms with E-state index in [2.05, 4.69) is 5.32 Å². The first kappa shape index (κ1) is 17.8. The Morgan fingerprint density at radius 3 is 2.25 bits per heavy atom. The number of carbonyl (C=O) groups excluding carboxylic acids is 3. The highest BCUT2D eigenvalue weighted by Gasteiger charge is 2.28. The normalized spacial score (nSPS) is 15.6. The lowest BCUT2D eigenvalue weighted by Crippen LogP contribution is -2.54. The average molecular weight is 333 g/mol. The smallest absolute Gasteiger partial charge is 0.409 e. The Balaban J connectivity index is 1.84. The van der Waals surface area contributed by atoms with Gasteiger partial charge in [0.15, 0.2) is 0 Å². The van der Waals surface area contributed by atoms with Crippen molar-refractivity contribution >= 4 is 17.9 Å². The molecule has 1 N–H and O–H groups in total. The Bertz CT molecular complexity index is 583. The molecule has 0 saturated carbocycles. The van der Waals surface area contributed by atoms with Crippen LogP contribution in [0.1, 0.15) is 25.5 Å². The van der Waals surface area contributed by atoms with E-state index in [1.54, 1.807) is 6.92 Å². The molecule has 7 heteroatoms. The molecule has 1 saturated heterocycles. The molecular weight excluding hydrogens is 310 g/mol. The van der Waals surface area contributed by atoms with Gasteiger partial charge in [0.1, 0.15) is 0 Å². The molecule has 24 heavy (non-hydrogen) atoms. The molecule has 2 rings (SSSR count). The Morgan fingerprint density at radius 1 is 1.08 bits per heavy atom. The minimum Gasteiger partial charge on any atom is -0.450 e. The number of rotatable bonds is 3. The van der Waals surface area contributed by atoms with Crippen LogP contribution in [0.25, 0.3) is 0 Å². The summed E-state index contributed by atoms with van der Waals surface area (Å²) in [6.07, 6.45) is -0.383. The quantitative estimate of drug-likeness (QED) is 0.842. The molecule has 1 aliphatic heterocycles. The van der Waals surface area contributed by atoms with Crippen LogP contribution in [0.4, 0.5) is 4.79 Å². The highest BCUT2D eigenvalue weighted by molar-refractivity contribution is 6.35. The maximum Gasteiger partial charge on any atom is 0.409 e. The summed E-state index contributed by atoms with van der Waals surface area (Å²) in [6, 6.07) is 9.21. The van der Waals surface area contributed by atoms with Crippen molar-refractivity contribution in [1.82, 2.24) is 15.1 Å². The second kappa shape index (κ2) is 8.33. The zero-order valence-corrected chi connectivity index (χ0v) is 14.0. The third-order valence-electron chi connectivity index (χ3n) is 3.93. The molecule has 1 fully saturated rings. The van der Waals surface area contributed by atoms with Gasteiger partial charge < -0.3 is 19.9 Å². The Morgan fingerprint density at radius 2 is 1.67 bits per heavy atom. The van der Waals surface area contributed by atoms with Gasteiger partial charge >= 0.3 is 17.9 Å². The van der Waals surface area contributed by atoms with Gasteiger partial charge in [0.25, 0.3) is 0 Å². The van der Waals surface area contributed by atoms with Crippen molar-refractivity contribution in [2.45, 2.75) is 19.9 Å². The second-order valence-electron chi connectivity index (χ2n) is 5.58. The summed E-state index contributed by atoms with van der Waals surface area (Å²) in [5.41, 5.74) is 0.936. The molecule has 130 valence electrons. The van der Waals surface area contributed by atoms with Crippen molar-refractivity contribution in [2.24, 2.45) is 0 Å².